The fraction of sp³-hybridized carbons (Fsp3) is 0.526. The number of nitrogen functional groups attached to an aromatic ring is 1. The van der Waals surface area contributed by atoms with Crippen molar-refractivity contribution >= 4 is 23.3 Å². The van der Waals surface area contributed by atoms with Crippen LogP contribution in [0.1, 0.15) is 32.9 Å². The maximum atomic E-state index is 11.9. The Morgan fingerprint density at radius 1 is 1.47 bits per heavy atom. The van der Waals surface area contributed by atoms with Gasteiger partial charge < -0.3 is 25.1 Å². The summed E-state index contributed by atoms with van der Waals surface area (Å²) in [4.78, 5) is 27.4. The minimum absolute atomic E-state index is 0.0901. The van der Waals surface area contributed by atoms with Crippen molar-refractivity contribution in [2.24, 2.45) is 5.92 Å². The van der Waals surface area contributed by atoms with Gasteiger partial charge >= 0.3 is 11.9 Å². The molecule has 11 heteroatoms. The highest BCUT2D eigenvalue weighted by molar-refractivity contribution is 5.69. The Balaban J connectivity index is 1.96. The molecule has 1 fully saturated rings. The summed E-state index contributed by atoms with van der Waals surface area (Å²) in [6.45, 7) is 4.60. The third-order valence-electron chi connectivity index (χ3n) is 4.75. The highest BCUT2D eigenvalue weighted by Crippen LogP contribution is 2.41. The van der Waals surface area contributed by atoms with Gasteiger partial charge in [-0.3, -0.25) is 9.59 Å². The van der Waals surface area contributed by atoms with Crippen LogP contribution in [0.5, 0.6) is 0 Å². The first-order valence-corrected chi connectivity index (χ1v) is 9.38. The Kier molecular flexibility index (Phi) is 5.91. The zero-order chi connectivity index (χ0) is 22.1. The number of hydrogen-bond donors (Lipinski definition) is 2. The molecule has 0 aromatic carbocycles. The molecule has 3 N–H and O–H groups in total. The molecule has 2 aromatic rings. The van der Waals surface area contributed by atoms with Crippen molar-refractivity contribution in [3.8, 4) is 6.07 Å². The van der Waals surface area contributed by atoms with Gasteiger partial charge in [0.25, 0.3) is 0 Å². The Hall–Kier alpha value is -3.23. The Labute approximate surface area is 172 Å². The fourth-order valence-electron chi connectivity index (χ4n) is 3.43. The molecular weight excluding hydrogens is 394 g/mol. The van der Waals surface area contributed by atoms with Gasteiger partial charge in [-0.1, -0.05) is 13.8 Å². The minimum atomic E-state index is -1.94. The number of fused-ring (bicyclic) bond motifs is 1. The number of ether oxygens (including phenoxy) is 3. The smallest absolute Gasteiger partial charge is 0.306 e. The summed E-state index contributed by atoms with van der Waals surface area (Å²) < 4.78 is 17.7. The fourth-order valence-corrected chi connectivity index (χ4v) is 3.43. The molecule has 0 bridgehead atoms. The topological polar surface area (TPSA) is 162 Å². The Morgan fingerprint density at radius 2 is 2.20 bits per heavy atom. The van der Waals surface area contributed by atoms with E-state index in [0.717, 1.165) is 0 Å². The SMILES string of the molecule is CC(=O)O[C@H]1[C@@H](O)[C@](C#N)(c2ccc3c(N)ncnn23)O[C@@H]1COC(=O)CC(C)C. The van der Waals surface area contributed by atoms with E-state index in [9.17, 15) is 20.0 Å². The lowest BCUT2D eigenvalue weighted by molar-refractivity contribution is -0.158. The zero-order valence-corrected chi connectivity index (χ0v) is 16.8. The number of carbonyl (C=O) groups is 2. The van der Waals surface area contributed by atoms with Crippen molar-refractivity contribution in [1.82, 2.24) is 14.6 Å². The van der Waals surface area contributed by atoms with E-state index >= 15 is 0 Å². The molecule has 0 radical (unpaired) electrons. The third-order valence-corrected chi connectivity index (χ3v) is 4.75. The molecule has 4 atom stereocenters. The molecule has 0 spiro atoms. The van der Waals surface area contributed by atoms with Crippen LogP contribution in [0.2, 0.25) is 0 Å². The molecule has 2 aromatic heterocycles. The number of nitrogens with zero attached hydrogens (tertiary/aromatic N) is 4. The van der Waals surface area contributed by atoms with Gasteiger partial charge in [-0.05, 0) is 18.1 Å². The lowest BCUT2D eigenvalue weighted by atomic mass is 9.92. The van der Waals surface area contributed by atoms with Crippen LogP contribution in [0.3, 0.4) is 0 Å². The van der Waals surface area contributed by atoms with Crippen LogP contribution in [-0.4, -0.2) is 56.6 Å². The molecule has 0 saturated carbocycles. The van der Waals surface area contributed by atoms with E-state index in [0.29, 0.717) is 5.52 Å². The normalized spacial score (nSPS) is 25.9. The molecule has 11 nitrogen and oxygen atoms in total. The van der Waals surface area contributed by atoms with Crippen LogP contribution in [0.4, 0.5) is 5.82 Å². The first-order valence-electron chi connectivity index (χ1n) is 9.38. The van der Waals surface area contributed by atoms with E-state index in [1.54, 1.807) is 6.07 Å². The van der Waals surface area contributed by atoms with E-state index in [4.69, 9.17) is 19.9 Å². The molecule has 1 saturated heterocycles. The van der Waals surface area contributed by atoms with Gasteiger partial charge in [0.15, 0.2) is 11.9 Å². The van der Waals surface area contributed by atoms with E-state index in [1.165, 1.54) is 23.8 Å². The van der Waals surface area contributed by atoms with Gasteiger partial charge in [-0.2, -0.15) is 10.4 Å². The second kappa shape index (κ2) is 8.25. The average molecular weight is 417 g/mol. The maximum absolute atomic E-state index is 11.9. The van der Waals surface area contributed by atoms with Gasteiger partial charge in [0.05, 0.1) is 5.69 Å². The van der Waals surface area contributed by atoms with Crippen LogP contribution in [0.15, 0.2) is 18.5 Å². The van der Waals surface area contributed by atoms with Crippen molar-refractivity contribution < 1.29 is 28.9 Å². The van der Waals surface area contributed by atoms with Crippen LogP contribution in [0.25, 0.3) is 5.52 Å². The summed E-state index contributed by atoms with van der Waals surface area (Å²) in [5.41, 5.74) is 4.49. The zero-order valence-electron chi connectivity index (χ0n) is 16.8. The predicted molar refractivity (Wildman–Crippen MR) is 102 cm³/mol. The number of anilines is 1. The largest absolute Gasteiger partial charge is 0.463 e. The molecule has 30 heavy (non-hydrogen) atoms. The van der Waals surface area contributed by atoms with Crippen molar-refractivity contribution in [3.63, 3.8) is 0 Å². The van der Waals surface area contributed by atoms with Crippen molar-refractivity contribution in [2.75, 3.05) is 12.3 Å². The van der Waals surface area contributed by atoms with Crippen molar-refractivity contribution in [3.05, 3.63) is 24.2 Å². The van der Waals surface area contributed by atoms with Gasteiger partial charge in [0, 0.05) is 13.3 Å². The highest BCUT2D eigenvalue weighted by Gasteiger charge is 2.59. The molecule has 0 aliphatic carbocycles. The molecule has 160 valence electrons. The summed E-state index contributed by atoms with van der Waals surface area (Å²) in [7, 11) is 0. The van der Waals surface area contributed by atoms with E-state index < -0.39 is 35.9 Å². The number of esters is 2. The minimum Gasteiger partial charge on any atom is -0.463 e. The van der Waals surface area contributed by atoms with Crippen LogP contribution >= 0.6 is 0 Å². The number of nitrogens with two attached hydrogens (primary N) is 1. The Bertz CT molecular complexity index is 999. The molecule has 3 rings (SSSR count). The molecule has 1 aliphatic rings. The number of aliphatic hydroxyl groups is 1. The molecule has 0 amide bonds. The van der Waals surface area contributed by atoms with Crippen LogP contribution in [-0.2, 0) is 29.4 Å². The van der Waals surface area contributed by atoms with Gasteiger partial charge in [-0.25, -0.2) is 9.50 Å². The second-order valence-corrected chi connectivity index (χ2v) is 7.46. The monoisotopic (exact) mass is 417 g/mol. The lowest BCUT2D eigenvalue weighted by Crippen LogP contribution is -2.43. The Morgan fingerprint density at radius 3 is 2.83 bits per heavy atom. The number of aliphatic hydroxyl groups excluding tert-OH is 1. The number of carbonyl (C=O) groups excluding carboxylic acids is 2. The quantitative estimate of drug-likeness (QED) is 0.625. The first kappa shape index (κ1) is 21.5. The first-order chi connectivity index (χ1) is 14.2. The summed E-state index contributed by atoms with van der Waals surface area (Å²) >= 11 is 0. The van der Waals surface area contributed by atoms with Crippen molar-refractivity contribution in [2.45, 2.75) is 51.1 Å². The van der Waals surface area contributed by atoms with Gasteiger partial charge in [0.1, 0.15) is 36.7 Å². The van der Waals surface area contributed by atoms with Crippen LogP contribution < -0.4 is 5.73 Å². The third kappa shape index (κ3) is 3.79. The predicted octanol–water partition coefficient (Wildman–Crippen LogP) is 0.311. The second-order valence-electron chi connectivity index (χ2n) is 7.46. The standard InChI is InChI=1S/C19H23N5O6/c1-10(2)6-15(26)28-7-13-16(29-11(3)25)17(27)19(8-20,30-13)14-5-4-12-18(21)22-9-23-24(12)14/h4-5,9-10,13,16-17,27H,6-7H2,1-3H3,(H2,21,22,23)/t13-,16-,17-,19+/m1/s1. The van der Waals surface area contributed by atoms with Crippen LogP contribution in [0, 0.1) is 17.2 Å². The molecular formula is C19H23N5O6. The molecule has 0 unspecified atom stereocenters. The van der Waals surface area contributed by atoms with E-state index in [2.05, 4.69) is 10.1 Å². The maximum Gasteiger partial charge on any atom is 0.306 e. The lowest BCUT2D eigenvalue weighted by Gasteiger charge is -2.24. The summed E-state index contributed by atoms with van der Waals surface area (Å²) in [6, 6.07) is 5.07. The summed E-state index contributed by atoms with van der Waals surface area (Å²) in [5.74, 6) is -0.880. The number of hydrogen-bond acceptors (Lipinski definition) is 10. The van der Waals surface area contributed by atoms with Gasteiger partial charge in [0.2, 0.25) is 5.60 Å². The number of aromatic nitrogens is 3. The average Bonchev–Trinajstić information content (AvgIpc) is 3.21. The number of rotatable bonds is 6. The van der Waals surface area contributed by atoms with E-state index in [-0.39, 0.29) is 30.5 Å². The molecule has 3 heterocycles. The number of nitriles is 1. The summed E-state index contributed by atoms with van der Waals surface area (Å²) in [6.07, 6.45) is -2.48. The molecule has 1 aliphatic heterocycles. The highest BCUT2D eigenvalue weighted by atomic mass is 16.6. The van der Waals surface area contributed by atoms with E-state index in [1.807, 2.05) is 19.9 Å². The summed E-state index contributed by atoms with van der Waals surface area (Å²) in [5, 5.41) is 25.0. The van der Waals surface area contributed by atoms with Gasteiger partial charge in [-0.15, -0.1) is 0 Å². The van der Waals surface area contributed by atoms with Crippen molar-refractivity contribution in [1.29, 1.82) is 5.26 Å².